The minimum atomic E-state index is -0.453. The van der Waals surface area contributed by atoms with E-state index in [1.165, 1.54) is 0 Å². The van der Waals surface area contributed by atoms with Gasteiger partial charge in [0.1, 0.15) is 12.4 Å². The van der Waals surface area contributed by atoms with Crippen molar-refractivity contribution in [3.63, 3.8) is 0 Å². The Balaban J connectivity index is 0.00000288. The van der Waals surface area contributed by atoms with E-state index in [4.69, 9.17) is 25.2 Å². The molecule has 0 amide bonds. The highest BCUT2D eigenvalue weighted by atomic mass is 35.5. The maximum Gasteiger partial charge on any atom is 0.164 e. The minimum Gasteiger partial charge on any atom is -0.493 e. The number of nitrogens with zero attached hydrogens (tertiary/aromatic N) is 1. The van der Waals surface area contributed by atoms with Crippen molar-refractivity contribution in [2.24, 2.45) is 5.73 Å². The summed E-state index contributed by atoms with van der Waals surface area (Å²) in [5, 5.41) is 8.90. The molecule has 0 aliphatic rings. The molecule has 0 bridgehead atoms. The van der Waals surface area contributed by atoms with Crippen molar-refractivity contribution in [2.45, 2.75) is 19.1 Å². The third kappa shape index (κ3) is 4.79. The van der Waals surface area contributed by atoms with Gasteiger partial charge in [0.15, 0.2) is 11.5 Å². The summed E-state index contributed by atoms with van der Waals surface area (Å²) in [5.74, 6) is 1.71. The molecular formula is C18H21ClN2O3. The predicted molar refractivity (Wildman–Crippen MR) is 94.7 cm³/mol. The lowest BCUT2D eigenvalue weighted by molar-refractivity contribution is 0.295. The van der Waals surface area contributed by atoms with Crippen LogP contribution in [0.3, 0.4) is 0 Å². The molecule has 24 heavy (non-hydrogen) atoms. The Labute approximate surface area is 148 Å². The van der Waals surface area contributed by atoms with Crippen molar-refractivity contribution in [3.8, 4) is 23.3 Å². The van der Waals surface area contributed by atoms with Crippen LogP contribution in [0.4, 0.5) is 0 Å². The van der Waals surface area contributed by atoms with E-state index >= 15 is 0 Å². The summed E-state index contributed by atoms with van der Waals surface area (Å²) in [6.07, 6.45) is 0.192. The number of benzene rings is 2. The Morgan fingerprint density at radius 1 is 1.04 bits per heavy atom. The van der Waals surface area contributed by atoms with Gasteiger partial charge in [0, 0.05) is 17.7 Å². The third-order valence-corrected chi connectivity index (χ3v) is 3.46. The number of halogens is 1. The van der Waals surface area contributed by atoms with Gasteiger partial charge in [-0.25, -0.2) is 0 Å². The van der Waals surface area contributed by atoms with Crippen molar-refractivity contribution in [1.82, 2.24) is 0 Å². The summed E-state index contributed by atoms with van der Waals surface area (Å²) in [7, 11) is 3.12. The van der Waals surface area contributed by atoms with E-state index in [9.17, 15) is 0 Å². The molecule has 0 spiro atoms. The molecule has 5 nitrogen and oxygen atoms in total. The summed E-state index contributed by atoms with van der Waals surface area (Å²) in [6, 6.07) is 15.0. The lowest BCUT2D eigenvalue weighted by atomic mass is 10.0. The van der Waals surface area contributed by atoms with E-state index in [2.05, 4.69) is 6.07 Å². The van der Waals surface area contributed by atoms with Crippen LogP contribution in [-0.2, 0) is 6.61 Å². The summed E-state index contributed by atoms with van der Waals surface area (Å²) in [4.78, 5) is 0. The van der Waals surface area contributed by atoms with Crippen LogP contribution in [0, 0.1) is 11.3 Å². The van der Waals surface area contributed by atoms with Gasteiger partial charge >= 0.3 is 0 Å². The lowest BCUT2D eigenvalue weighted by Gasteiger charge is -2.18. The van der Waals surface area contributed by atoms with E-state index in [0.29, 0.717) is 23.9 Å². The van der Waals surface area contributed by atoms with Crippen molar-refractivity contribution in [2.75, 3.05) is 14.2 Å². The summed E-state index contributed by atoms with van der Waals surface area (Å²) in [6.45, 7) is 0.405. The number of rotatable bonds is 7. The number of ether oxygens (including phenoxy) is 3. The zero-order chi connectivity index (χ0) is 16.7. The molecule has 2 rings (SSSR count). The second-order valence-electron chi connectivity index (χ2n) is 4.99. The van der Waals surface area contributed by atoms with Gasteiger partial charge in [-0.3, -0.25) is 0 Å². The second kappa shape index (κ2) is 9.66. The monoisotopic (exact) mass is 348 g/mol. The van der Waals surface area contributed by atoms with Crippen LogP contribution in [-0.4, -0.2) is 14.2 Å². The van der Waals surface area contributed by atoms with E-state index < -0.39 is 6.04 Å². The van der Waals surface area contributed by atoms with Crippen molar-refractivity contribution < 1.29 is 14.2 Å². The van der Waals surface area contributed by atoms with Crippen molar-refractivity contribution in [1.29, 1.82) is 5.26 Å². The van der Waals surface area contributed by atoms with Gasteiger partial charge in [-0.1, -0.05) is 30.3 Å². The third-order valence-electron chi connectivity index (χ3n) is 3.46. The van der Waals surface area contributed by atoms with Crippen LogP contribution >= 0.6 is 12.4 Å². The Hall–Kier alpha value is -2.42. The molecule has 128 valence electrons. The highest BCUT2D eigenvalue weighted by Gasteiger charge is 2.17. The Bertz CT molecular complexity index is 687. The maximum absolute atomic E-state index is 8.90. The van der Waals surface area contributed by atoms with Gasteiger partial charge in [0.05, 0.1) is 26.7 Å². The second-order valence-corrected chi connectivity index (χ2v) is 4.99. The molecular weight excluding hydrogens is 328 g/mol. The largest absolute Gasteiger partial charge is 0.493 e. The van der Waals surface area contributed by atoms with Gasteiger partial charge in [-0.05, 0) is 11.6 Å². The zero-order valence-electron chi connectivity index (χ0n) is 13.7. The van der Waals surface area contributed by atoms with E-state index in [-0.39, 0.29) is 18.8 Å². The summed E-state index contributed by atoms with van der Waals surface area (Å²) >= 11 is 0. The van der Waals surface area contributed by atoms with E-state index in [0.717, 1.165) is 11.1 Å². The number of hydrogen-bond donors (Lipinski definition) is 1. The van der Waals surface area contributed by atoms with Crippen LogP contribution < -0.4 is 19.9 Å². The normalized spacial score (nSPS) is 10.9. The first-order valence-electron chi connectivity index (χ1n) is 7.24. The number of methoxy groups -OCH3 is 2. The quantitative estimate of drug-likeness (QED) is 0.826. The highest BCUT2D eigenvalue weighted by molar-refractivity contribution is 5.85. The molecule has 2 aromatic rings. The minimum absolute atomic E-state index is 0. The molecule has 2 aromatic carbocycles. The Morgan fingerprint density at radius 3 is 2.25 bits per heavy atom. The van der Waals surface area contributed by atoms with Crippen LogP contribution in [0.25, 0.3) is 0 Å². The van der Waals surface area contributed by atoms with Crippen LogP contribution in [0.2, 0.25) is 0 Å². The average Bonchev–Trinajstić information content (AvgIpc) is 2.60. The molecule has 1 atom stereocenters. The first-order valence-corrected chi connectivity index (χ1v) is 7.24. The van der Waals surface area contributed by atoms with Crippen LogP contribution in [0.1, 0.15) is 23.6 Å². The van der Waals surface area contributed by atoms with Crippen molar-refractivity contribution in [3.05, 3.63) is 53.6 Å². The predicted octanol–water partition coefficient (Wildman–Crippen LogP) is 3.62. The van der Waals surface area contributed by atoms with E-state index in [1.807, 2.05) is 30.3 Å². The summed E-state index contributed by atoms with van der Waals surface area (Å²) < 4.78 is 16.5. The molecule has 0 aliphatic heterocycles. The molecule has 6 heteroatoms. The van der Waals surface area contributed by atoms with Gasteiger partial charge in [-0.15, -0.1) is 12.4 Å². The van der Waals surface area contributed by atoms with Gasteiger partial charge in [0.25, 0.3) is 0 Å². The molecule has 0 radical (unpaired) electrons. The first kappa shape index (κ1) is 19.6. The molecule has 0 aliphatic carbocycles. The molecule has 0 saturated heterocycles. The molecule has 0 unspecified atom stereocenters. The number of nitrogens with two attached hydrogens (primary N) is 1. The fourth-order valence-electron chi connectivity index (χ4n) is 2.23. The maximum atomic E-state index is 8.90. The van der Waals surface area contributed by atoms with Gasteiger partial charge in [0.2, 0.25) is 0 Å². The Morgan fingerprint density at radius 2 is 1.67 bits per heavy atom. The van der Waals surface area contributed by atoms with Crippen LogP contribution in [0.5, 0.6) is 17.2 Å². The lowest BCUT2D eigenvalue weighted by Crippen LogP contribution is -2.12. The number of hydrogen-bond acceptors (Lipinski definition) is 5. The zero-order valence-corrected chi connectivity index (χ0v) is 14.5. The molecule has 0 fully saturated rings. The van der Waals surface area contributed by atoms with Crippen molar-refractivity contribution >= 4 is 12.4 Å². The smallest absolute Gasteiger partial charge is 0.164 e. The fourth-order valence-corrected chi connectivity index (χ4v) is 2.23. The van der Waals surface area contributed by atoms with Gasteiger partial charge < -0.3 is 19.9 Å². The van der Waals surface area contributed by atoms with Gasteiger partial charge in [-0.2, -0.15) is 5.26 Å². The number of nitriles is 1. The highest BCUT2D eigenvalue weighted by Crippen LogP contribution is 2.38. The fraction of sp³-hybridized carbons (Fsp3) is 0.278. The average molecular weight is 349 g/mol. The standard InChI is InChI=1S/C18H20N2O3.ClH/c1-21-17-10-14(15(20)8-9-19)16(11-18(17)22-2)23-12-13-6-4-3-5-7-13;/h3-7,10-11,15H,8,12,20H2,1-2H3;1H/t15-;/m1./s1. The topological polar surface area (TPSA) is 77.5 Å². The SMILES string of the molecule is COc1cc(OCc2ccccc2)c([C@H](N)CC#N)cc1OC.Cl. The molecule has 0 aromatic heterocycles. The van der Waals surface area contributed by atoms with Crippen LogP contribution in [0.15, 0.2) is 42.5 Å². The van der Waals surface area contributed by atoms with E-state index in [1.54, 1.807) is 26.4 Å². The molecule has 2 N–H and O–H groups in total. The molecule has 0 saturated carbocycles. The molecule has 0 heterocycles. The Kier molecular flexibility index (Phi) is 7.90. The summed E-state index contributed by atoms with van der Waals surface area (Å²) in [5.41, 5.74) is 7.86. The first-order chi connectivity index (χ1) is 11.2.